The third-order valence-corrected chi connectivity index (χ3v) is 4.91. The molecule has 0 amide bonds. The fourth-order valence-electron chi connectivity index (χ4n) is 3.64. The minimum Gasteiger partial charge on any atom is -0.479 e. The number of hydrogen-bond donors (Lipinski definition) is 2. The fraction of sp³-hybridized carbons (Fsp3) is 0.524. The molecule has 0 aliphatic carbocycles. The lowest BCUT2D eigenvalue weighted by Crippen LogP contribution is -2.68. The lowest BCUT2D eigenvalue weighted by atomic mass is 9.84. The number of nitrogens with zero attached hydrogens (tertiary/aromatic N) is 1. The van der Waals surface area contributed by atoms with E-state index in [2.05, 4.69) is 6.58 Å². The Morgan fingerprint density at radius 2 is 1.97 bits per heavy atom. The molecule has 1 fully saturated rings. The van der Waals surface area contributed by atoms with E-state index in [4.69, 9.17) is 19.9 Å². The summed E-state index contributed by atoms with van der Waals surface area (Å²) in [6.07, 6.45) is 1.37. The molecule has 0 spiro atoms. The summed E-state index contributed by atoms with van der Waals surface area (Å²) in [7, 11) is 0. The van der Waals surface area contributed by atoms with E-state index in [9.17, 15) is 14.7 Å². The Hall–Kier alpha value is -2.26. The number of carboxylic acid groups (broad SMARTS) is 1. The summed E-state index contributed by atoms with van der Waals surface area (Å²) in [4.78, 5) is 27.2. The highest BCUT2D eigenvalue weighted by Gasteiger charge is 2.57. The molecule has 0 aromatic heterocycles. The van der Waals surface area contributed by atoms with E-state index in [1.54, 1.807) is 11.8 Å². The van der Waals surface area contributed by atoms with Crippen LogP contribution in [0.15, 0.2) is 43.0 Å². The molecule has 2 atom stereocenters. The number of rotatable bonds is 11. The van der Waals surface area contributed by atoms with Crippen molar-refractivity contribution >= 4 is 11.9 Å². The molecule has 1 aliphatic rings. The van der Waals surface area contributed by atoms with Crippen LogP contribution in [0.3, 0.4) is 0 Å². The summed E-state index contributed by atoms with van der Waals surface area (Å²) < 4.78 is 16.4. The molecule has 1 saturated heterocycles. The molecule has 1 unspecified atom stereocenters. The molecule has 160 valence electrons. The number of carbonyl (C=O) groups excluding carboxylic acids is 1. The first-order valence-corrected chi connectivity index (χ1v) is 9.69. The van der Waals surface area contributed by atoms with E-state index in [1.165, 1.54) is 6.08 Å². The van der Waals surface area contributed by atoms with E-state index in [0.717, 1.165) is 5.56 Å². The van der Waals surface area contributed by atoms with Crippen LogP contribution in [0.1, 0.15) is 18.9 Å². The molecule has 2 rings (SSSR count). The Kier molecular flexibility index (Phi) is 8.33. The largest absolute Gasteiger partial charge is 0.479 e. The van der Waals surface area contributed by atoms with Gasteiger partial charge in [-0.25, -0.2) is 9.59 Å². The number of hydrogen-bond acceptors (Lipinski definition) is 7. The van der Waals surface area contributed by atoms with Gasteiger partial charge in [0.1, 0.15) is 12.3 Å². The summed E-state index contributed by atoms with van der Waals surface area (Å²) in [6.45, 7) is 6.64. The zero-order chi connectivity index (χ0) is 21.3. The van der Waals surface area contributed by atoms with Gasteiger partial charge in [0.15, 0.2) is 0 Å². The van der Waals surface area contributed by atoms with Crippen LogP contribution in [0.4, 0.5) is 0 Å². The number of ether oxygens (including phenoxy) is 3. The van der Waals surface area contributed by atoms with Crippen molar-refractivity contribution in [1.29, 1.82) is 0 Å². The van der Waals surface area contributed by atoms with Gasteiger partial charge >= 0.3 is 11.9 Å². The summed E-state index contributed by atoms with van der Waals surface area (Å²) in [5.41, 5.74) is 4.06. The molecule has 1 aliphatic heterocycles. The van der Waals surface area contributed by atoms with E-state index in [1.807, 2.05) is 30.3 Å². The molecule has 1 heterocycles. The Morgan fingerprint density at radius 3 is 2.52 bits per heavy atom. The normalized spacial score (nSPS) is 19.0. The first-order valence-electron chi connectivity index (χ1n) is 9.69. The molecular weight excluding hydrogens is 376 g/mol. The van der Waals surface area contributed by atoms with Crippen molar-refractivity contribution in [3.8, 4) is 0 Å². The molecule has 1 aromatic carbocycles. The second-order valence-electron chi connectivity index (χ2n) is 6.99. The van der Waals surface area contributed by atoms with Crippen LogP contribution in [0.25, 0.3) is 0 Å². The molecular formula is C21H30N2O6. The second-order valence-corrected chi connectivity index (χ2v) is 6.99. The third-order valence-electron chi connectivity index (χ3n) is 4.91. The van der Waals surface area contributed by atoms with Crippen LogP contribution in [-0.4, -0.2) is 72.7 Å². The lowest BCUT2D eigenvalue weighted by molar-refractivity contribution is -0.183. The highest BCUT2D eigenvalue weighted by atomic mass is 16.5. The quantitative estimate of drug-likeness (QED) is 0.244. The van der Waals surface area contributed by atoms with Gasteiger partial charge in [-0.3, -0.25) is 4.90 Å². The van der Waals surface area contributed by atoms with Crippen LogP contribution >= 0.6 is 0 Å². The lowest BCUT2D eigenvalue weighted by Gasteiger charge is -2.44. The number of aliphatic carboxylic acids is 1. The molecule has 0 radical (unpaired) electrons. The number of carbonyl (C=O) groups is 2. The van der Waals surface area contributed by atoms with Gasteiger partial charge < -0.3 is 25.1 Å². The highest BCUT2D eigenvalue weighted by Crippen LogP contribution is 2.32. The monoisotopic (exact) mass is 406 g/mol. The van der Waals surface area contributed by atoms with Crippen molar-refractivity contribution in [2.75, 3.05) is 39.5 Å². The van der Waals surface area contributed by atoms with Gasteiger partial charge in [0, 0.05) is 32.5 Å². The third kappa shape index (κ3) is 5.63. The van der Waals surface area contributed by atoms with E-state index in [-0.39, 0.29) is 39.1 Å². The highest BCUT2D eigenvalue weighted by molar-refractivity contribution is 6.04. The van der Waals surface area contributed by atoms with Crippen molar-refractivity contribution in [1.82, 2.24) is 4.90 Å². The fourth-order valence-corrected chi connectivity index (χ4v) is 3.64. The molecule has 0 saturated carbocycles. The molecule has 0 bridgehead atoms. The van der Waals surface area contributed by atoms with Gasteiger partial charge in [0.05, 0.1) is 13.2 Å². The maximum atomic E-state index is 13.1. The topological polar surface area (TPSA) is 111 Å². The zero-order valence-corrected chi connectivity index (χ0v) is 16.8. The number of nitrogens with two attached hydrogens (primary N) is 1. The summed E-state index contributed by atoms with van der Waals surface area (Å²) in [6, 6.07) is 9.38. The number of morpholine rings is 1. The number of carboxylic acids is 1. The maximum Gasteiger partial charge on any atom is 0.338 e. The number of esters is 1. The van der Waals surface area contributed by atoms with Gasteiger partial charge in [-0.1, -0.05) is 43.0 Å². The van der Waals surface area contributed by atoms with E-state index >= 15 is 0 Å². The molecule has 3 N–H and O–H groups in total. The molecule has 1 aromatic rings. The zero-order valence-electron chi connectivity index (χ0n) is 16.8. The minimum absolute atomic E-state index is 0.0942. The van der Waals surface area contributed by atoms with Crippen molar-refractivity contribution in [3.05, 3.63) is 48.6 Å². The van der Waals surface area contributed by atoms with Gasteiger partial charge in [-0.05, 0) is 12.5 Å². The Morgan fingerprint density at radius 1 is 1.31 bits per heavy atom. The smallest absolute Gasteiger partial charge is 0.338 e. The van der Waals surface area contributed by atoms with Gasteiger partial charge in [0.25, 0.3) is 0 Å². The van der Waals surface area contributed by atoms with E-state index < -0.39 is 23.2 Å². The second kappa shape index (κ2) is 10.5. The Labute approximate surface area is 171 Å². The molecule has 8 nitrogen and oxygen atoms in total. The predicted octanol–water partition coefficient (Wildman–Crippen LogP) is 1.20. The predicted molar refractivity (Wildman–Crippen MR) is 107 cm³/mol. The van der Waals surface area contributed by atoms with Crippen LogP contribution in [0.2, 0.25) is 0 Å². The average molecular weight is 406 g/mol. The van der Waals surface area contributed by atoms with Crippen molar-refractivity contribution < 1.29 is 28.9 Å². The van der Waals surface area contributed by atoms with Gasteiger partial charge in [0.2, 0.25) is 5.54 Å². The van der Waals surface area contributed by atoms with Crippen molar-refractivity contribution in [2.45, 2.75) is 31.0 Å². The maximum absolute atomic E-state index is 13.1. The van der Waals surface area contributed by atoms with Crippen molar-refractivity contribution in [3.63, 3.8) is 0 Å². The van der Waals surface area contributed by atoms with E-state index in [0.29, 0.717) is 13.2 Å². The molecule has 8 heteroatoms. The summed E-state index contributed by atoms with van der Waals surface area (Å²) in [5, 5.41) is 10.2. The number of benzene rings is 1. The van der Waals surface area contributed by atoms with Gasteiger partial charge in [-0.2, -0.15) is 0 Å². The van der Waals surface area contributed by atoms with Crippen LogP contribution in [0, 0.1) is 0 Å². The first-order chi connectivity index (χ1) is 13.9. The first kappa shape index (κ1) is 23.0. The minimum atomic E-state index is -1.99. The van der Waals surface area contributed by atoms with Crippen molar-refractivity contribution in [2.24, 2.45) is 5.73 Å². The standard InChI is InChI=1S/C21H30N2O6/c1-3-12-28-19(26)21(18(24)25,23-10-13-27-14-11-23)16-20(22,29-4-2)15-17-8-6-5-7-9-17/h3,5-9H,1,4,10-16,22H2,2H3,(H,24,25)/t20-,21?/m0/s1. The van der Waals surface area contributed by atoms with Crippen LogP contribution < -0.4 is 5.73 Å². The average Bonchev–Trinajstić information content (AvgIpc) is 2.71. The van der Waals surface area contributed by atoms with Gasteiger partial charge in [-0.15, -0.1) is 0 Å². The van der Waals surface area contributed by atoms with Crippen LogP contribution in [-0.2, 0) is 30.2 Å². The Balaban J connectivity index is 2.44. The van der Waals surface area contributed by atoms with Crippen LogP contribution in [0.5, 0.6) is 0 Å². The summed E-state index contributed by atoms with van der Waals surface area (Å²) in [5.74, 6) is -2.20. The molecule has 29 heavy (non-hydrogen) atoms. The Bertz CT molecular complexity index is 692. The summed E-state index contributed by atoms with van der Waals surface area (Å²) >= 11 is 0. The SMILES string of the molecule is C=CCOC(=O)C(C[C@](N)(Cc1ccccc1)OCC)(C(=O)O)N1CCOCC1.